The first kappa shape index (κ1) is 14.0. The van der Waals surface area contributed by atoms with Gasteiger partial charge in [0.15, 0.2) is 5.69 Å². The predicted octanol–water partition coefficient (Wildman–Crippen LogP) is 1.60. The van der Waals surface area contributed by atoms with Gasteiger partial charge in [-0.25, -0.2) is 4.39 Å². The third-order valence-electron chi connectivity index (χ3n) is 3.24. The molecule has 2 heterocycles. The summed E-state index contributed by atoms with van der Waals surface area (Å²) in [6.45, 7) is 0.137. The fourth-order valence-corrected chi connectivity index (χ4v) is 2.16. The van der Waals surface area contributed by atoms with E-state index in [-0.39, 0.29) is 17.6 Å². The van der Waals surface area contributed by atoms with Gasteiger partial charge in [-0.1, -0.05) is 0 Å². The van der Waals surface area contributed by atoms with Crippen LogP contribution in [-0.2, 0) is 13.6 Å². The summed E-state index contributed by atoms with van der Waals surface area (Å²) in [6, 6.07) is 7.17. The molecular formula is C15H12FN3O3. The molecule has 0 aliphatic rings. The SMILES string of the molecule is Cn1nc(C(=O)NCc2ccco2)c(=O)c2cc(F)ccc21. The molecule has 0 saturated heterocycles. The highest BCUT2D eigenvalue weighted by molar-refractivity contribution is 5.95. The highest BCUT2D eigenvalue weighted by Gasteiger charge is 2.17. The third-order valence-corrected chi connectivity index (χ3v) is 3.24. The summed E-state index contributed by atoms with van der Waals surface area (Å²) in [6.07, 6.45) is 1.48. The molecule has 0 unspecified atom stereocenters. The highest BCUT2D eigenvalue weighted by atomic mass is 19.1. The minimum atomic E-state index is -0.636. The van der Waals surface area contributed by atoms with Crippen LogP contribution < -0.4 is 10.7 Å². The van der Waals surface area contributed by atoms with Crippen LogP contribution in [0.3, 0.4) is 0 Å². The van der Waals surface area contributed by atoms with Gasteiger partial charge in [-0.2, -0.15) is 5.10 Å². The smallest absolute Gasteiger partial charge is 0.276 e. The second-order valence-corrected chi connectivity index (χ2v) is 4.72. The van der Waals surface area contributed by atoms with Gasteiger partial charge in [-0.05, 0) is 30.3 Å². The molecular weight excluding hydrogens is 289 g/mol. The number of halogens is 1. The van der Waals surface area contributed by atoms with Crippen LogP contribution in [0.4, 0.5) is 4.39 Å². The van der Waals surface area contributed by atoms with Gasteiger partial charge in [0, 0.05) is 7.05 Å². The van der Waals surface area contributed by atoms with Gasteiger partial charge in [0.25, 0.3) is 5.91 Å². The molecule has 6 nitrogen and oxygen atoms in total. The van der Waals surface area contributed by atoms with Crippen molar-refractivity contribution in [2.75, 3.05) is 0 Å². The summed E-state index contributed by atoms with van der Waals surface area (Å²) in [4.78, 5) is 24.4. The molecule has 0 aliphatic carbocycles. The monoisotopic (exact) mass is 301 g/mol. The number of furan rings is 1. The lowest BCUT2D eigenvalue weighted by Gasteiger charge is -2.08. The number of benzene rings is 1. The van der Waals surface area contributed by atoms with E-state index in [0.29, 0.717) is 11.3 Å². The Kier molecular flexibility index (Phi) is 3.46. The molecule has 22 heavy (non-hydrogen) atoms. The van der Waals surface area contributed by atoms with Gasteiger partial charge in [-0.15, -0.1) is 0 Å². The fraction of sp³-hybridized carbons (Fsp3) is 0.133. The lowest BCUT2D eigenvalue weighted by molar-refractivity contribution is 0.0940. The number of aromatic nitrogens is 2. The first-order chi connectivity index (χ1) is 10.6. The Morgan fingerprint density at radius 1 is 1.41 bits per heavy atom. The summed E-state index contributed by atoms with van der Waals surface area (Å²) in [5.41, 5.74) is -0.439. The zero-order valence-electron chi connectivity index (χ0n) is 11.7. The van der Waals surface area contributed by atoms with E-state index in [2.05, 4.69) is 10.4 Å². The highest BCUT2D eigenvalue weighted by Crippen LogP contribution is 2.11. The van der Waals surface area contributed by atoms with E-state index in [4.69, 9.17) is 4.42 Å². The summed E-state index contributed by atoms with van der Waals surface area (Å²) in [7, 11) is 1.59. The molecule has 3 rings (SSSR count). The van der Waals surface area contributed by atoms with Crippen molar-refractivity contribution in [3.63, 3.8) is 0 Å². The average Bonchev–Trinajstić information content (AvgIpc) is 3.01. The van der Waals surface area contributed by atoms with E-state index in [0.717, 1.165) is 6.07 Å². The van der Waals surface area contributed by atoms with Gasteiger partial charge in [0.2, 0.25) is 5.43 Å². The zero-order valence-corrected chi connectivity index (χ0v) is 11.7. The van der Waals surface area contributed by atoms with Gasteiger partial charge in [-0.3, -0.25) is 14.3 Å². The average molecular weight is 301 g/mol. The van der Waals surface area contributed by atoms with Gasteiger partial charge >= 0.3 is 0 Å². The van der Waals surface area contributed by atoms with Gasteiger partial charge < -0.3 is 9.73 Å². The Hall–Kier alpha value is -2.96. The normalized spacial score (nSPS) is 10.8. The number of amides is 1. The molecule has 1 N–H and O–H groups in total. The third kappa shape index (κ3) is 2.48. The Balaban J connectivity index is 1.98. The van der Waals surface area contributed by atoms with Crippen LogP contribution in [0.1, 0.15) is 16.2 Å². The molecule has 0 spiro atoms. The van der Waals surface area contributed by atoms with Crippen molar-refractivity contribution in [2.24, 2.45) is 7.05 Å². The van der Waals surface area contributed by atoms with Crippen LogP contribution in [-0.4, -0.2) is 15.7 Å². The van der Waals surface area contributed by atoms with E-state index in [1.807, 2.05) is 0 Å². The molecule has 0 saturated carbocycles. The molecule has 1 aromatic carbocycles. The van der Waals surface area contributed by atoms with Crippen LogP contribution >= 0.6 is 0 Å². The first-order valence-corrected chi connectivity index (χ1v) is 6.53. The van der Waals surface area contributed by atoms with Crippen molar-refractivity contribution in [3.05, 3.63) is 64.1 Å². The second kappa shape index (κ2) is 5.44. The molecule has 0 aliphatic heterocycles. The van der Waals surface area contributed by atoms with E-state index < -0.39 is 17.2 Å². The van der Waals surface area contributed by atoms with Crippen molar-refractivity contribution >= 4 is 16.8 Å². The molecule has 0 radical (unpaired) electrons. The predicted molar refractivity (Wildman–Crippen MR) is 76.8 cm³/mol. The number of carbonyl (C=O) groups excluding carboxylic acids is 1. The van der Waals surface area contributed by atoms with Crippen molar-refractivity contribution in [1.82, 2.24) is 15.1 Å². The van der Waals surface area contributed by atoms with E-state index in [9.17, 15) is 14.0 Å². The van der Waals surface area contributed by atoms with E-state index in [1.165, 1.54) is 23.1 Å². The number of nitrogens with zero attached hydrogens (tertiary/aromatic N) is 2. The second-order valence-electron chi connectivity index (χ2n) is 4.72. The number of carbonyl (C=O) groups is 1. The van der Waals surface area contributed by atoms with Crippen molar-refractivity contribution < 1.29 is 13.6 Å². The molecule has 3 aromatic rings. The number of aryl methyl sites for hydroxylation is 1. The quantitative estimate of drug-likeness (QED) is 0.797. The summed E-state index contributed by atoms with van der Waals surface area (Å²) in [5, 5.41) is 6.63. The number of hydrogen-bond donors (Lipinski definition) is 1. The number of nitrogens with one attached hydrogen (secondary N) is 1. The van der Waals surface area contributed by atoms with E-state index >= 15 is 0 Å². The maximum absolute atomic E-state index is 13.3. The lowest BCUT2D eigenvalue weighted by Crippen LogP contribution is -2.31. The van der Waals surface area contributed by atoms with Gasteiger partial charge in [0.05, 0.1) is 23.7 Å². The molecule has 0 bridgehead atoms. The first-order valence-electron chi connectivity index (χ1n) is 6.53. The summed E-state index contributed by atoms with van der Waals surface area (Å²) >= 11 is 0. The topological polar surface area (TPSA) is 77.1 Å². The Labute approximate surface area is 124 Å². The molecule has 0 fully saturated rings. The number of fused-ring (bicyclic) bond motifs is 1. The Morgan fingerprint density at radius 2 is 2.23 bits per heavy atom. The number of rotatable bonds is 3. The number of hydrogen-bond acceptors (Lipinski definition) is 4. The fourth-order valence-electron chi connectivity index (χ4n) is 2.16. The minimum Gasteiger partial charge on any atom is -0.467 e. The lowest BCUT2D eigenvalue weighted by atomic mass is 10.2. The van der Waals surface area contributed by atoms with Crippen molar-refractivity contribution in [1.29, 1.82) is 0 Å². The zero-order chi connectivity index (χ0) is 15.7. The molecule has 7 heteroatoms. The Morgan fingerprint density at radius 3 is 2.95 bits per heavy atom. The van der Waals surface area contributed by atoms with Crippen LogP contribution in [0.15, 0.2) is 45.8 Å². The van der Waals surface area contributed by atoms with Crippen LogP contribution in [0.2, 0.25) is 0 Å². The summed E-state index contributed by atoms with van der Waals surface area (Å²) < 4.78 is 19.8. The molecule has 1 amide bonds. The van der Waals surface area contributed by atoms with E-state index in [1.54, 1.807) is 19.2 Å². The van der Waals surface area contributed by atoms with Crippen LogP contribution in [0, 0.1) is 5.82 Å². The van der Waals surface area contributed by atoms with Crippen LogP contribution in [0.25, 0.3) is 10.9 Å². The van der Waals surface area contributed by atoms with Crippen LogP contribution in [0.5, 0.6) is 0 Å². The molecule has 112 valence electrons. The maximum atomic E-state index is 13.3. The maximum Gasteiger partial charge on any atom is 0.276 e. The largest absolute Gasteiger partial charge is 0.467 e. The summed E-state index contributed by atoms with van der Waals surface area (Å²) in [5.74, 6) is -0.627. The molecule has 2 aromatic heterocycles. The minimum absolute atomic E-state index is 0.112. The van der Waals surface area contributed by atoms with Gasteiger partial charge in [0.1, 0.15) is 11.6 Å². The van der Waals surface area contributed by atoms with Crippen molar-refractivity contribution in [3.8, 4) is 0 Å². The standard InChI is InChI=1S/C15H12FN3O3/c1-19-12-5-4-9(16)7-11(12)14(20)13(18-19)15(21)17-8-10-3-2-6-22-10/h2-7H,8H2,1H3,(H,17,21). The van der Waals surface area contributed by atoms with Crippen molar-refractivity contribution in [2.45, 2.75) is 6.54 Å². The molecule has 0 atom stereocenters. The Bertz CT molecular complexity index is 900.